The van der Waals surface area contributed by atoms with E-state index in [0.717, 1.165) is 15.7 Å². The topological polar surface area (TPSA) is 71.1 Å². The van der Waals surface area contributed by atoms with Crippen LogP contribution in [0.1, 0.15) is 32.0 Å². The maximum atomic E-state index is 12.8. The second kappa shape index (κ2) is 8.35. The van der Waals surface area contributed by atoms with Crippen molar-refractivity contribution in [3.63, 3.8) is 0 Å². The number of benzene rings is 2. The number of anilines is 1. The van der Waals surface area contributed by atoms with Gasteiger partial charge in [0.1, 0.15) is 0 Å². The molecule has 0 unspecified atom stereocenters. The number of amides is 2. The van der Waals surface area contributed by atoms with Crippen LogP contribution in [0.4, 0.5) is 5.69 Å². The molecule has 0 aliphatic carbocycles. The minimum absolute atomic E-state index is 0.190. The van der Waals surface area contributed by atoms with Crippen LogP contribution >= 0.6 is 15.9 Å². The fourth-order valence-corrected chi connectivity index (χ4v) is 3.35. The van der Waals surface area contributed by atoms with Crippen molar-refractivity contribution >= 4 is 33.4 Å². The van der Waals surface area contributed by atoms with Crippen molar-refractivity contribution in [3.05, 3.63) is 81.5 Å². The molecule has 142 valence electrons. The number of nitrogens with zero attached hydrogens (tertiary/aromatic N) is 1. The zero-order valence-electron chi connectivity index (χ0n) is 15.8. The summed E-state index contributed by atoms with van der Waals surface area (Å²) in [7, 11) is 1.58. The summed E-state index contributed by atoms with van der Waals surface area (Å²) in [6.07, 6.45) is 0. The predicted octanol–water partition coefficient (Wildman–Crippen LogP) is 4.74. The van der Waals surface area contributed by atoms with Gasteiger partial charge >= 0.3 is 0 Å². The molecule has 2 amide bonds. The van der Waals surface area contributed by atoms with Gasteiger partial charge in [0, 0.05) is 28.3 Å². The Morgan fingerprint density at radius 2 is 1.68 bits per heavy atom. The van der Waals surface area contributed by atoms with Gasteiger partial charge in [-0.05, 0) is 55.8 Å². The van der Waals surface area contributed by atoms with Gasteiger partial charge in [-0.15, -0.1) is 0 Å². The highest BCUT2D eigenvalue weighted by atomic mass is 79.9. The van der Waals surface area contributed by atoms with Crippen LogP contribution in [0.25, 0.3) is 11.3 Å². The lowest BCUT2D eigenvalue weighted by Gasteiger charge is -2.13. The molecule has 0 fully saturated rings. The molecule has 5 nitrogen and oxygen atoms in total. The third-order valence-corrected chi connectivity index (χ3v) is 5.00. The number of aryl methyl sites for hydroxylation is 1. The van der Waals surface area contributed by atoms with Gasteiger partial charge in [0.05, 0.1) is 17.0 Å². The number of carbonyl (C=O) groups is 2. The van der Waals surface area contributed by atoms with E-state index in [-0.39, 0.29) is 11.8 Å². The number of rotatable bonds is 4. The Labute approximate surface area is 172 Å². The van der Waals surface area contributed by atoms with Crippen LogP contribution in [0.2, 0.25) is 0 Å². The van der Waals surface area contributed by atoms with E-state index in [0.29, 0.717) is 28.1 Å². The average Bonchev–Trinajstić information content (AvgIpc) is 2.68. The third-order valence-electron chi connectivity index (χ3n) is 4.50. The molecule has 28 heavy (non-hydrogen) atoms. The van der Waals surface area contributed by atoms with Crippen molar-refractivity contribution in [2.75, 3.05) is 12.4 Å². The summed E-state index contributed by atoms with van der Waals surface area (Å²) in [6, 6.07) is 16.7. The van der Waals surface area contributed by atoms with E-state index in [4.69, 9.17) is 0 Å². The maximum Gasteiger partial charge on any atom is 0.257 e. The van der Waals surface area contributed by atoms with E-state index in [1.54, 1.807) is 31.3 Å². The minimum Gasteiger partial charge on any atom is -0.355 e. The molecule has 3 aromatic rings. The minimum atomic E-state index is -0.261. The molecule has 1 heterocycles. The van der Waals surface area contributed by atoms with Crippen molar-refractivity contribution in [1.82, 2.24) is 10.3 Å². The van der Waals surface area contributed by atoms with Gasteiger partial charge in [-0.25, -0.2) is 0 Å². The standard InChI is InChI=1S/C22H20BrN3O2/c1-13-17(21(27)24-3)8-5-9-19(13)26-22(28)18-10-11-20(25-14(18)2)15-6-4-7-16(23)12-15/h4-12H,1-3H3,(H,24,27)(H,26,28). The molecule has 0 atom stereocenters. The van der Waals surface area contributed by atoms with Crippen LogP contribution in [-0.2, 0) is 0 Å². The van der Waals surface area contributed by atoms with Crippen LogP contribution in [0.3, 0.4) is 0 Å². The summed E-state index contributed by atoms with van der Waals surface area (Å²) in [5.41, 5.74) is 4.73. The van der Waals surface area contributed by atoms with Gasteiger partial charge in [0.25, 0.3) is 11.8 Å². The lowest BCUT2D eigenvalue weighted by atomic mass is 10.0. The first-order chi connectivity index (χ1) is 13.4. The van der Waals surface area contributed by atoms with Gasteiger partial charge in [-0.3, -0.25) is 14.6 Å². The fourth-order valence-electron chi connectivity index (χ4n) is 2.95. The highest BCUT2D eigenvalue weighted by Crippen LogP contribution is 2.24. The average molecular weight is 438 g/mol. The largest absolute Gasteiger partial charge is 0.355 e. The zero-order chi connectivity index (χ0) is 20.3. The maximum absolute atomic E-state index is 12.8. The van der Waals surface area contributed by atoms with Crippen molar-refractivity contribution in [2.45, 2.75) is 13.8 Å². The number of halogens is 1. The van der Waals surface area contributed by atoms with Gasteiger partial charge in [0.15, 0.2) is 0 Å². The third kappa shape index (κ3) is 4.12. The predicted molar refractivity (Wildman–Crippen MR) is 115 cm³/mol. The number of hydrogen-bond donors (Lipinski definition) is 2. The summed E-state index contributed by atoms with van der Waals surface area (Å²) in [6.45, 7) is 3.62. The van der Waals surface area contributed by atoms with E-state index in [9.17, 15) is 9.59 Å². The van der Waals surface area contributed by atoms with Gasteiger partial charge < -0.3 is 10.6 Å². The first-order valence-corrected chi connectivity index (χ1v) is 9.56. The molecule has 0 aliphatic rings. The first-order valence-electron chi connectivity index (χ1n) is 8.77. The fraction of sp³-hybridized carbons (Fsp3) is 0.136. The van der Waals surface area contributed by atoms with E-state index < -0.39 is 0 Å². The number of nitrogens with one attached hydrogen (secondary N) is 2. The van der Waals surface area contributed by atoms with E-state index >= 15 is 0 Å². The van der Waals surface area contributed by atoms with Crippen molar-refractivity contribution in [3.8, 4) is 11.3 Å². The van der Waals surface area contributed by atoms with Crippen LogP contribution in [0.5, 0.6) is 0 Å². The van der Waals surface area contributed by atoms with Crippen LogP contribution < -0.4 is 10.6 Å². The Morgan fingerprint density at radius 3 is 2.36 bits per heavy atom. The molecule has 0 saturated heterocycles. The highest BCUT2D eigenvalue weighted by molar-refractivity contribution is 9.10. The Hall–Kier alpha value is -2.99. The lowest BCUT2D eigenvalue weighted by molar-refractivity contribution is 0.0960. The second-order valence-corrected chi connectivity index (χ2v) is 7.27. The van der Waals surface area contributed by atoms with Crippen molar-refractivity contribution in [1.29, 1.82) is 0 Å². The number of carbonyl (C=O) groups excluding carboxylic acids is 2. The highest BCUT2D eigenvalue weighted by Gasteiger charge is 2.15. The summed E-state index contributed by atoms with van der Waals surface area (Å²) in [5, 5.41) is 5.49. The molecule has 0 saturated carbocycles. The van der Waals surface area contributed by atoms with E-state index in [1.165, 1.54) is 0 Å². The van der Waals surface area contributed by atoms with Crippen molar-refractivity contribution < 1.29 is 9.59 Å². The van der Waals surface area contributed by atoms with Gasteiger partial charge in [-0.1, -0.05) is 34.1 Å². The molecule has 0 bridgehead atoms. The Balaban J connectivity index is 1.87. The molecule has 1 aromatic heterocycles. The van der Waals surface area contributed by atoms with E-state index in [2.05, 4.69) is 31.5 Å². The summed E-state index contributed by atoms with van der Waals surface area (Å²) >= 11 is 3.46. The van der Waals surface area contributed by atoms with Crippen LogP contribution in [0, 0.1) is 13.8 Å². The number of aromatic nitrogens is 1. The smallest absolute Gasteiger partial charge is 0.257 e. The molecule has 3 rings (SSSR count). The summed E-state index contributed by atoms with van der Waals surface area (Å²) in [4.78, 5) is 29.3. The van der Waals surface area contributed by atoms with Crippen LogP contribution in [0.15, 0.2) is 59.1 Å². The molecule has 2 aromatic carbocycles. The monoisotopic (exact) mass is 437 g/mol. The molecule has 2 N–H and O–H groups in total. The van der Waals surface area contributed by atoms with Crippen molar-refractivity contribution in [2.24, 2.45) is 0 Å². The second-order valence-electron chi connectivity index (χ2n) is 6.35. The SMILES string of the molecule is CNC(=O)c1cccc(NC(=O)c2ccc(-c3cccc(Br)c3)nc2C)c1C. The molecule has 0 spiro atoms. The zero-order valence-corrected chi connectivity index (χ0v) is 17.4. The molecular formula is C22H20BrN3O2. The normalized spacial score (nSPS) is 10.4. The van der Waals surface area contributed by atoms with Gasteiger partial charge in [-0.2, -0.15) is 0 Å². The summed E-state index contributed by atoms with van der Waals surface area (Å²) < 4.78 is 0.970. The molecular weight excluding hydrogens is 418 g/mol. The molecule has 0 radical (unpaired) electrons. The first kappa shape index (κ1) is 19.8. The quantitative estimate of drug-likeness (QED) is 0.618. The molecule has 0 aliphatic heterocycles. The molecule has 6 heteroatoms. The number of hydrogen-bond acceptors (Lipinski definition) is 3. The Bertz CT molecular complexity index is 1060. The number of pyridine rings is 1. The van der Waals surface area contributed by atoms with Gasteiger partial charge in [0.2, 0.25) is 0 Å². The summed E-state index contributed by atoms with van der Waals surface area (Å²) in [5.74, 6) is -0.451. The Kier molecular flexibility index (Phi) is 5.90. The van der Waals surface area contributed by atoms with E-state index in [1.807, 2.05) is 44.2 Å². The lowest BCUT2D eigenvalue weighted by Crippen LogP contribution is -2.20. The Morgan fingerprint density at radius 1 is 0.929 bits per heavy atom. The van der Waals surface area contributed by atoms with Crippen LogP contribution in [-0.4, -0.2) is 23.8 Å².